The Kier molecular flexibility index (Phi) is 2.72. The zero-order valence-corrected chi connectivity index (χ0v) is 10.7. The van der Waals surface area contributed by atoms with Crippen molar-refractivity contribution in [1.29, 1.82) is 5.26 Å². The van der Waals surface area contributed by atoms with Gasteiger partial charge >= 0.3 is 0 Å². The summed E-state index contributed by atoms with van der Waals surface area (Å²) in [5.41, 5.74) is -0.146. The van der Waals surface area contributed by atoms with E-state index in [-0.39, 0.29) is 16.2 Å². The highest BCUT2D eigenvalue weighted by Crippen LogP contribution is 2.46. The van der Waals surface area contributed by atoms with Gasteiger partial charge in [-0.15, -0.1) is 0 Å². The predicted molar refractivity (Wildman–Crippen MR) is 67.0 cm³/mol. The Bertz CT molecular complexity index is 536. The van der Waals surface area contributed by atoms with Crippen LogP contribution in [0.2, 0.25) is 0 Å². The molecule has 3 heterocycles. The second kappa shape index (κ2) is 4.15. The van der Waals surface area contributed by atoms with Gasteiger partial charge in [-0.25, -0.2) is 4.98 Å². The van der Waals surface area contributed by atoms with Gasteiger partial charge in [-0.1, -0.05) is 6.07 Å². The molecule has 3 rings (SSSR count). The van der Waals surface area contributed by atoms with E-state index in [1.165, 1.54) is 0 Å². The Morgan fingerprint density at radius 2 is 2.11 bits per heavy atom. The molecular weight excluding hydrogens is 248 g/mol. The molecule has 2 saturated heterocycles. The number of nitriles is 1. The molecule has 18 heavy (non-hydrogen) atoms. The largest absolute Gasteiger partial charge is 0.385 e. The molecule has 94 valence electrons. The highest BCUT2D eigenvalue weighted by atomic mass is 32.2. The SMILES string of the molecule is N#Cc1ncccc1C1(O)CC2CCC(C1)S2=O. The lowest BCUT2D eigenvalue weighted by atomic mass is 9.85. The number of fused-ring (bicyclic) bond motifs is 2. The molecule has 1 aromatic rings. The van der Waals surface area contributed by atoms with Gasteiger partial charge in [0.1, 0.15) is 11.8 Å². The molecule has 2 fully saturated rings. The standard InChI is InChI=1S/C13H14N2O2S/c14-8-12-11(2-1-5-15-12)13(16)6-9-3-4-10(7-13)18(9)17/h1-2,5,9-10,16H,3-4,6-7H2. The van der Waals surface area contributed by atoms with Gasteiger partial charge in [0.05, 0.1) is 5.60 Å². The number of pyridine rings is 1. The fourth-order valence-corrected chi connectivity index (χ4v) is 5.33. The van der Waals surface area contributed by atoms with Crippen LogP contribution in [0, 0.1) is 11.3 Å². The van der Waals surface area contributed by atoms with Crippen molar-refractivity contribution in [3.8, 4) is 6.07 Å². The molecule has 2 aliphatic heterocycles. The predicted octanol–water partition coefficient (Wildman–Crippen LogP) is 1.21. The molecule has 0 spiro atoms. The summed E-state index contributed by atoms with van der Waals surface area (Å²) in [5, 5.41) is 20.0. The number of aromatic nitrogens is 1. The van der Waals surface area contributed by atoms with Crippen LogP contribution in [0.25, 0.3) is 0 Å². The van der Waals surface area contributed by atoms with Gasteiger partial charge in [-0.2, -0.15) is 5.26 Å². The Morgan fingerprint density at radius 1 is 1.44 bits per heavy atom. The van der Waals surface area contributed by atoms with Crippen LogP contribution < -0.4 is 0 Å². The molecule has 4 nitrogen and oxygen atoms in total. The van der Waals surface area contributed by atoms with Crippen molar-refractivity contribution in [2.24, 2.45) is 0 Å². The summed E-state index contributed by atoms with van der Waals surface area (Å²) in [6, 6.07) is 5.53. The van der Waals surface area contributed by atoms with Gasteiger partial charge in [0.25, 0.3) is 0 Å². The molecule has 2 bridgehead atoms. The fraction of sp³-hybridized carbons (Fsp3) is 0.538. The van der Waals surface area contributed by atoms with E-state index in [0.717, 1.165) is 12.8 Å². The van der Waals surface area contributed by atoms with E-state index < -0.39 is 16.4 Å². The first-order valence-electron chi connectivity index (χ1n) is 6.11. The normalized spacial score (nSPS) is 38.3. The van der Waals surface area contributed by atoms with Crippen molar-refractivity contribution in [2.75, 3.05) is 0 Å². The molecule has 0 saturated carbocycles. The van der Waals surface area contributed by atoms with Crippen molar-refractivity contribution in [3.63, 3.8) is 0 Å². The van der Waals surface area contributed by atoms with Crippen molar-refractivity contribution >= 4 is 10.8 Å². The maximum Gasteiger partial charge on any atom is 0.146 e. The molecule has 5 heteroatoms. The first-order valence-corrected chi connectivity index (χ1v) is 7.39. The van der Waals surface area contributed by atoms with E-state index in [1.807, 2.05) is 6.07 Å². The Balaban J connectivity index is 2.02. The average Bonchev–Trinajstić information content (AvgIpc) is 2.63. The monoisotopic (exact) mass is 262 g/mol. The summed E-state index contributed by atoms with van der Waals surface area (Å²) in [5.74, 6) is 0. The van der Waals surface area contributed by atoms with Crippen LogP contribution in [0.15, 0.2) is 18.3 Å². The maximum absolute atomic E-state index is 12.0. The summed E-state index contributed by atoms with van der Waals surface area (Å²) in [7, 11) is -0.811. The van der Waals surface area contributed by atoms with Crippen LogP contribution in [0.5, 0.6) is 0 Å². The molecule has 2 atom stereocenters. The molecule has 1 N–H and O–H groups in total. The summed E-state index contributed by atoms with van der Waals surface area (Å²) in [6.45, 7) is 0. The number of nitrogens with zero attached hydrogens (tertiary/aromatic N) is 2. The van der Waals surface area contributed by atoms with Crippen molar-refractivity contribution in [3.05, 3.63) is 29.6 Å². The Morgan fingerprint density at radius 3 is 2.72 bits per heavy atom. The average molecular weight is 262 g/mol. The minimum Gasteiger partial charge on any atom is -0.385 e. The van der Waals surface area contributed by atoms with E-state index in [9.17, 15) is 9.32 Å². The van der Waals surface area contributed by atoms with Crippen LogP contribution in [0.3, 0.4) is 0 Å². The summed E-state index contributed by atoms with van der Waals surface area (Å²) >= 11 is 0. The van der Waals surface area contributed by atoms with E-state index >= 15 is 0 Å². The van der Waals surface area contributed by atoms with Crippen molar-refractivity contribution < 1.29 is 9.32 Å². The van der Waals surface area contributed by atoms with E-state index in [1.54, 1.807) is 18.3 Å². The first-order chi connectivity index (χ1) is 8.64. The van der Waals surface area contributed by atoms with Crippen molar-refractivity contribution in [1.82, 2.24) is 4.98 Å². The highest BCUT2D eigenvalue weighted by molar-refractivity contribution is 7.86. The lowest BCUT2D eigenvalue weighted by Crippen LogP contribution is -2.40. The number of hydrogen-bond donors (Lipinski definition) is 1. The van der Waals surface area contributed by atoms with E-state index in [4.69, 9.17) is 5.26 Å². The Labute approximate surface area is 108 Å². The summed E-state index contributed by atoms with van der Waals surface area (Å²) < 4.78 is 12.0. The van der Waals surface area contributed by atoms with Crippen LogP contribution in [0.4, 0.5) is 0 Å². The van der Waals surface area contributed by atoms with Gasteiger partial charge in [0, 0.05) is 33.1 Å². The Hall–Kier alpha value is -1.25. The molecular formula is C13H14N2O2S. The second-order valence-corrected chi connectivity index (χ2v) is 7.09. The van der Waals surface area contributed by atoms with Crippen molar-refractivity contribution in [2.45, 2.75) is 41.8 Å². The quantitative estimate of drug-likeness (QED) is 0.825. The molecule has 0 aromatic carbocycles. The highest BCUT2D eigenvalue weighted by Gasteiger charge is 2.49. The second-order valence-electron chi connectivity index (χ2n) is 5.10. The molecule has 2 aliphatic rings. The van der Waals surface area contributed by atoms with E-state index in [2.05, 4.69) is 4.98 Å². The van der Waals surface area contributed by atoms with Gasteiger partial charge in [-0.3, -0.25) is 4.21 Å². The number of aliphatic hydroxyl groups is 1. The number of rotatable bonds is 1. The van der Waals surface area contributed by atoms with Crippen LogP contribution in [-0.4, -0.2) is 24.8 Å². The zero-order chi connectivity index (χ0) is 12.8. The minimum absolute atomic E-state index is 0.0699. The zero-order valence-electron chi connectivity index (χ0n) is 9.87. The minimum atomic E-state index is -1.03. The smallest absolute Gasteiger partial charge is 0.146 e. The van der Waals surface area contributed by atoms with Crippen LogP contribution in [0.1, 0.15) is 36.9 Å². The van der Waals surface area contributed by atoms with Crippen LogP contribution >= 0.6 is 0 Å². The molecule has 0 aliphatic carbocycles. The molecule has 0 radical (unpaired) electrons. The lowest BCUT2D eigenvalue weighted by Gasteiger charge is -2.36. The maximum atomic E-state index is 12.0. The fourth-order valence-electron chi connectivity index (χ4n) is 3.17. The third-order valence-corrected chi connectivity index (χ3v) is 6.13. The number of hydrogen-bond acceptors (Lipinski definition) is 4. The third-order valence-electron chi connectivity index (χ3n) is 4.01. The molecule has 2 unspecified atom stereocenters. The van der Waals surface area contributed by atoms with E-state index in [0.29, 0.717) is 18.4 Å². The van der Waals surface area contributed by atoms with Gasteiger partial charge < -0.3 is 5.11 Å². The summed E-state index contributed by atoms with van der Waals surface area (Å²) in [6.07, 6.45) is 4.36. The molecule has 1 aromatic heterocycles. The summed E-state index contributed by atoms with van der Waals surface area (Å²) in [4.78, 5) is 4.01. The third kappa shape index (κ3) is 1.68. The van der Waals surface area contributed by atoms with Gasteiger partial charge in [-0.05, 0) is 31.7 Å². The van der Waals surface area contributed by atoms with Gasteiger partial charge in [0.15, 0.2) is 0 Å². The molecule has 0 amide bonds. The van der Waals surface area contributed by atoms with Crippen LogP contribution in [-0.2, 0) is 16.4 Å². The first kappa shape index (κ1) is 11.8. The lowest BCUT2D eigenvalue weighted by molar-refractivity contribution is 0.0179. The topological polar surface area (TPSA) is 74.0 Å². The van der Waals surface area contributed by atoms with Gasteiger partial charge in [0.2, 0.25) is 0 Å².